The number of aliphatic hydroxyl groups excluding tert-OH is 1. The van der Waals surface area contributed by atoms with Gasteiger partial charge in [0, 0.05) is 0 Å². The lowest BCUT2D eigenvalue weighted by molar-refractivity contribution is 0.0844. The van der Waals surface area contributed by atoms with E-state index in [-0.39, 0.29) is 18.4 Å². The molecule has 1 aromatic rings. The number of hydrogen-bond acceptors (Lipinski definition) is 3. The lowest BCUT2D eigenvalue weighted by Crippen LogP contribution is -2.31. The van der Waals surface area contributed by atoms with Crippen molar-refractivity contribution in [1.82, 2.24) is 0 Å². The van der Waals surface area contributed by atoms with Crippen molar-refractivity contribution in [3.05, 3.63) is 28.8 Å². The van der Waals surface area contributed by atoms with Crippen molar-refractivity contribution >= 4 is 24.0 Å². The molecule has 1 aromatic carbocycles. The molecular formula is C14H21Cl2NO2. The van der Waals surface area contributed by atoms with E-state index in [9.17, 15) is 5.11 Å². The molecule has 2 rings (SSSR count). The lowest BCUT2D eigenvalue weighted by atomic mass is 9.91. The van der Waals surface area contributed by atoms with Gasteiger partial charge in [-0.1, -0.05) is 30.5 Å². The number of hydrogen-bond donors (Lipinski definition) is 2. The Morgan fingerprint density at radius 1 is 1.37 bits per heavy atom. The third-order valence-electron chi connectivity index (χ3n) is 3.81. The molecule has 19 heavy (non-hydrogen) atoms. The highest BCUT2D eigenvalue weighted by molar-refractivity contribution is 6.32. The first-order valence-corrected chi connectivity index (χ1v) is 6.78. The van der Waals surface area contributed by atoms with Crippen LogP contribution in [0.4, 0.5) is 0 Å². The van der Waals surface area contributed by atoms with Gasteiger partial charge in [0.15, 0.2) is 0 Å². The van der Waals surface area contributed by atoms with Crippen LogP contribution in [0.15, 0.2) is 18.2 Å². The molecular weight excluding hydrogens is 285 g/mol. The second-order valence-electron chi connectivity index (χ2n) is 4.95. The number of benzene rings is 1. The van der Waals surface area contributed by atoms with Crippen molar-refractivity contribution in [1.29, 1.82) is 0 Å². The molecule has 1 aliphatic carbocycles. The number of methoxy groups -OCH3 is 1. The highest BCUT2D eigenvalue weighted by Gasteiger charge is 2.29. The molecule has 0 bridgehead atoms. The summed E-state index contributed by atoms with van der Waals surface area (Å²) >= 11 is 5.98. The molecule has 0 heterocycles. The second kappa shape index (κ2) is 7.34. The maximum atomic E-state index is 10.3. The summed E-state index contributed by atoms with van der Waals surface area (Å²) in [6.07, 6.45) is 4.04. The van der Waals surface area contributed by atoms with Gasteiger partial charge in [-0.3, -0.25) is 0 Å². The number of ether oxygens (including phenoxy) is 1. The van der Waals surface area contributed by atoms with E-state index >= 15 is 0 Å². The van der Waals surface area contributed by atoms with E-state index in [1.54, 1.807) is 13.2 Å². The highest BCUT2D eigenvalue weighted by Crippen LogP contribution is 2.34. The Morgan fingerprint density at radius 3 is 2.58 bits per heavy atom. The zero-order chi connectivity index (χ0) is 13.1. The van der Waals surface area contributed by atoms with Gasteiger partial charge in [-0.25, -0.2) is 0 Å². The van der Waals surface area contributed by atoms with Crippen LogP contribution in [0.1, 0.15) is 37.3 Å². The fourth-order valence-corrected chi connectivity index (χ4v) is 2.87. The average Bonchev–Trinajstić information content (AvgIpc) is 2.91. The first-order chi connectivity index (χ1) is 8.63. The van der Waals surface area contributed by atoms with Crippen LogP contribution in [0.5, 0.6) is 5.75 Å². The van der Waals surface area contributed by atoms with Gasteiger partial charge >= 0.3 is 0 Å². The molecule has 3 nitrogen and oxygen atoms in total. The van der Waals surface area contributed by atoms with Crippen molar-refractivity contribution in [2.75, 3.05) is 7.11 Å². The quantitative estimate of drug-likeness (QED) is 0.897. The molecule has 1 saturated carbocycles. The van der Waals surface area contributed by atoms with Gasteiger partial charge in [-0.05, 0) is 36.5 Å². The number of rotatable bonds is 4. The molecule has 0 aliphatic heterocycles. The van der Waals surface area contributed by atoms with Crippen molar-refractivity contribution in [2.24, 2.45) is 11.7 Å². The molecule has 108 valence electrons. The Bertz CT molecular complexity index is 408. The van der Waals surface area contributed by atoms with Crippen molar-refractivity contribution in [2.45, 2.75) is 37.8 Å². The van der Waals surface area contributed by atoms with Gasteiger partial charge in [-0.2, -0.15) is 0 Å². The topological polar surface area (TPSA) is 55.5 Å². The Labute approximate surface area is 125 Å². The van der Waals surface area contributed by atoms with Gasteiger partial charge in [0.25, 0.3) is 0 Å². The molecule has 0 saturated heterocycles. The second-order valence-corrected chi connectivity index (χ2v) is 5.36. The zero-order valence-electron chi connectivity index (χ0n) is 11.0. The number of nitrogens with two attached hydrogens (primary N) is 1. The molecule has 0 amide bonds. The van der Waals surface area contributed by atoms with Gasteiger partial charge in [0.2, 0.25) is 0 Å². The van der Waals surface area contributed by atoms with Gasteiger partial charge in [0.05, 0.1) is 24.3 Å². The number of halogens is 2. The summed E-state index contributed by atoms with van der Waals surface area (Å²) in [6, 6.07) is 5.05. The highest BCUT2D eigenvalue weighted by atomic mass is 35.5. The van der Waals surface area contributed by atoms with E-state index in [0.29, 0.717) is 16.7 Å². The molecule has 0 aromatic heterocycles. The van der Waals surface area contributed by atoms with Crippen LogP contribution in [0.3, 0.4) is 0 Å². The van der Waals surface area contributed by atoms with Crippen LogP contribution in [0, 0.1) is 5.92 Å². The van der Waals surface area contributed by atoms with Crippen molar-refractivity contribution in [3.63, 3.8) is 0 Å². The smallest absolute Gasteiger partial charge is 0.137 e. The Morgan fingerprint density at radius 2 is 2.00 bits per heavy atom. The van der Waals surface area contributed by atoms with E-state index in [1.165, 1.54) is 12.8 Å². The summed E-state index contributed by atoms with van der Waals surface area (Å²) in [6.45, 7) is 0. The molecule has 1 aliphatic rings. The van der Waals surface area contributed by atoms with E-state index in [1.807, 2.05) is 12.1 Å². The molecule has 0 spiro atoms. The first kappa shape index (κ1) is 16.6. The Balaban J connectivity index is 0.00000180. The van der Waals surface area contributed by atoms with E-state index in [2.05, 4.69) is 0 Å². The summed E-state index contributed by atoms with van der Waals surface area (Å²) < 4.78 is 5.17. The molecule has 2 atom stereocenters. The minimum atomic E-state index is -0.488. The number of aliphatic hydroxyl groups is 1. The average molecular weight is 306 g/mol. The van der Waals surface area contributed by atoms with Crippen molar-refractivity contribution in [3.8, 4) is 5.75 Å². The Kier molecular flexibility index (Phi) is 6.40. The monoisotopic (exact) mass is 305 g/mol. The molecule has 3 N–H and O–H groups in total. The van der Waals surface area contributed by atoms with Crippen LogP contribution in [0.2, 0.25) is 5.02 Å². The third-order valence-corrected chi connectivity index (χ3v) is 4.12. The summed E-state index contributed by atoms with van der Waals surface area (Å²) in [5.74, 6) is 0.921. The van der Waals surface area contributed by atoms with Crippen LogP contribution in [-0.2, 0) is 0 Å². The molecule has 1 fully saturated rings. The Hall–Kier alpha value is -0.480. The minimum Gasteiger partial charge on any atom is -0.495 e. The third kappa shape index (κ3) is 3.76. The zero-order valence-corrected chi connectivity index (χ0v) is 12.6. The predicted molar refractivity (Wildman–Crippen MR) is 80.1 cm³/mol. The summed E-state index contributed by atoms with van der Waals surface area (Å²) in [7, 11) is 1.57. The minimum absolute atomic E-state index is 0. The molecule has 0 radical (unpaired) electrons. The lowest BCUT2D eigenvalue weighted by Gasteiger charge is -2.25. The van der Waals surface area contributed by atoms with E-state index in [4.69, 9.17) is 22.1 Å². The standard InChI is InChI=1S/C14H20ClNO2.ClH/c1-18-12-8-10(6-7-11(12)15)13(16)14(17)9-4-2-3-5-9;/h6-9,13-14,17H,2-5,16H2,1H3;1H/t13-,14+;/m0./s1. The summed E-state index contributed by atoms with van der Waals surface area (Å²) in [4.78, 5) is 0. The first-order valence-electron chi connectivity index (χ1n) is 6.40. The van der Waals surface area contributed by atoms with E-state index in [0.717, 1.165) is 18.4 Å². The fraction of sp³-hybridized carbons (Fsp3) is 0.571. The van der Waals surface area contributed by atoms with Crippen LogP contribution in [0.25, 0.3) is 0 Å². The van der Waals surface area contributed by atoms with Gasteiger partial charge < -0.3 is 15.6 Å². The van der Waals surface area contributed by atoms with E-state index < -0.39 is 6.10 Å². The fourth-order valence-electron chi connectivity index (χ4n) is 2.67. The van der Waals surface area contributed by atoms with Crippen molar-refractivity contribution < 1.29 is 9.84 Å². The molecule has 5 heteroatoms. The molecule has 0 unspecified atom stereocenters. The van der Waals surface area contributed by atoms with Gasteiger partial charge in [0.1, 0.15) is 5.75 Å². The maximum absolute atomic E-state index is 10.3. The maximum Gasteiger partial charge on any atom is 0.137 e. The van der Waals surface area contributed by atoms with Crippen LogP contribution >= 0.6 is 24.0 Å². The normalized spacial score (nSPS) is 18.7. The summed E-state index contributed by atoms with van der Waals surface area (Å²) in [5.41, 5.74) is 7.01. The van der Waals surface area contributed by atoms with Gasteiger partial charge in [-0.15, -0.1) is 12.4 Å². The summed E-state index contributed by atoms with van der Waals surface area (Å²) in [5, 5.41) is 10.9. The SMILES string of the molecule is COc1cc([C@H](N)[C@H](O)C2CCCC2)ccc1Cl.Cl. The largest absolute Gasteiger partial charge is 0.495 e. The van der Waals surface area contributed by atoms with Crippen LogP contribution < -0.4 is 10.5 Å². The predicted octanol–water partition coefficient (Wildman–Crippen LogP) is 3.32. The van der Waals surface area contributed by atoms with Crippen LogP contribution in [-0.4, -0.2) is 18.3 Å².